The molecule has 0 spiro atoms. The molecule has 0 saturated heterocycles. The average molecular weight is 226 g/mol. The van der Waals surface area contributed by atoms with E-state index >= 15 is 0 Å². The molecule has 0 amide bonds. The molecule has 16 heavy (non-hydrogen) atoms. The van der Waals surface area contributed by atoms with Gasteiger partial charge >= 0.3 is 0 Å². The second-order valence-electron chi connectivity index (χ2n) is 5.07. The van der Waals surface area contributed by atoms with E-state index in [1.54, 1.807) is 14.2 Å². The Bertz CT molecular complexity index is 242. The third-order valence-corrected chi connectivity index (χ3v) is 2.55. The molecule has 0 radical (unpaired) electrons. The molecule has 0 aliphatic carbocycles. The lowest BCUT2D eigenvalue weighted by Crippen LogP contribution is -2.22. The van der Waals surface area contributed by atoms with Crippen LogP contribution in [-0.2, 0) is 9.47 Å². The molecule has 0 saturated carbocycles. The SMILES string of the molecule is CC=CC(=CC(C)C(OC)OC)C(C)(C)C. The number of ether oxygens (including phenoxy) is 2. The maximum atomic E-state index is 5.26. The van der Waals surface area contributed by atoms with Gasteiger partial charge in [-0.2, -0.15) is 0 Å². The monoisotopic (exact) mass is 226 g/mol. The van der Waals surface area contributed by atoms with Gasteiger partial charge in [0.15, 0.2) is 6.29 Å². The molecular formula is C14H26O2. The molecule has 1 unspecified atom stereocenters. The van der Waals surface area contributed by atoms with Crippen LogP contribution in [0.3, 0.4) is 0 Å². The normalized spacial score (nSPS) is 16.1. The van der Waals surface area contributed by atoms with Gasteiger partial charge in [-0.15, -0.1) is 0 Å². The van der Waals surface area contributed by atoms with E-state index in [1.165, 1.54) is 5.57 Å². The van der Waals surface area contributed by atoms with Gasteiger partial charge in [0, 0.05) is 20.1 Å². The van der Waals surface area contributed by atoms with Gasteiger partial charge in [-0.05, 0) is 17.9 Å². The van der Waals surface area contributed by atoms with Crippen LogP contribution in [0.5, 0.6) is 0 Å². The van der Waals surface area contributed by atoms with Crippen molar-refractivity contribution in [2.24, 2.45) is 11.3 Å². The molecule has 0 aromatic carbocycles. The van der Waals surface area contributed by atoms with Crippen molar-refractivity contribution in [1.82, 2.24) is 0 Å². The molecule has 0 aromatic rings. The third-order valence-electron chi connectivity index (χ3n) is 2.55. The first-order valence-corrected chi connectivity index (χ1v) is 5.77. The van der Waals surface area contributed by atoms with Crippen molar-refractivity contribution in [3.8, 4) is 0 Å². The molecule has 0 N–H and O–H groups in total. The van der Waals surface area contributed by atoms with E-state index in [2.05, 4.69) is 45.9 Å². The maximum Gasteiger partial charge on any atom is 0.162 e. The van der Waals surface area contributed by atoms with Gasteiger partial charge < -0.3 is 9.47 Å². The van der Waals surface area contributed by atoms with Crippen LogP contribution in [0.2, 0.25) is 0 Å². The van der Waals surface area contributed by atoms with Gasteiger partial charge in [0.2, 0.25) is 0 Å². The lowest BCUT2D eigenvalue weighted by molar-refractivity contribution is -0.122. The smallest absolute Gasteiger partial charge is 0.162 e. The van der Waals surface area contributed by atoms with Gasteiger partial charge in [-0.25, -0.2) is 0 Å². The fraction of sp³-hybridized carbons (Fsp3) is 0.714. The van der Waals surface area contributed by atoms with Gasteiger partial charge in [-0.1, -0.05) is 45.9 Å². The Morgan fingerprint density at radius 1 is 1.12 bits per heavy atom. The highest BCUT2D eigenvalue weighted by Gasteiger charge is 2.19. The Morgan fingerprint density at radius 2 is 1.62 bits per heavy atom. The molecular weight excluding hydrogens is 200 g/mol. The number of methoxy groups -OCH3 is 2. The Labute approximate surface area is 100 Å². The predicted molar refractivity (Wildman–Crippen MR) is 69.3 cm³/mol. The summed E-state index contributed by atoms with van der Waals surface area (Å²) in [4.78, 5) is 0. The number of allylic oxidation sites excluding steroid dienone is 3. The largest absolute Gasteiger partial charge is 0.355 e. The Hall–Kier alpha value is -0.600. The summed E-state index contributed by atoms with van der Waals surface area (Å²) in [5.74, 6) is 0.237. The first-order valence-electron chi connectivity index (χ1n) is 5.77. The molecule has 0 aliphatic heterocycles. The van der Waals surface area contributed by atoms with Crippen LogP contribution in [0.4, 0.5) is 0 Å². The van der Waals surface area contributed by atoms with Crippen LogP contribution >= 0.6 is 0 Å². The van der Waals surface area contributed by atoms with Gasteiger partial charge in [0.1, 0.15) is 0 Å². The van der Waals surface area contributed by atoms with E-state index < -0.39 is 0 Å². The predicted octanol–water partition coefficient (Wildman–Crippen LogP) is 3.79. The molecule has 0 aromatic heterocycles. The van der Waals surface area contributed by atoms with Gasteiger partial charge in [-0.3, -0.25) is 0 Å². The minimum absolute atomic E-state index is 0.146. The Balaban J connectivity index is 4.92. The van der Waals surface area contributed by atoms with Crippen molar-refractivity contribution in [3.63, 3.8) is 0 Å². The van der Waals surface area contributed by atoms with Crippen LogP contribution < -0.4 is 0 Å². The van der Waals surface area contributed by atoms with Crippen LogP contribution in [-0.4, -0.2) is 20.5 Å². The van der Waals surface area contributed by atoms with E-state index in [-0.39, 0.29) is 17.6 Å². The Kier molecular flexibility index (Phi) is 6.61. The molecule has 1 atom stereocenters. The molecule has 0 bridgehead atoms. The summed E-state index contributed by atoms with van der Waals surface area (Å²) in [5.41, 5.74) is 1.45. The third kappa shape index (κ3) is 4.95. The lowest BCUT2D eigenvalue weighted by atomic mass is 9.84. The van der Waals surface area contributed by atoms with E-state index in [9.17, 15) is 0 Å². The standard InChI is InChI=1S/C14H26O2/c1-8-9-12(14(3,4)5)10-11(2)13(15-6)16-7/h8-11,13H,1-7H3. The van der Waals surface area contributed by atoms with Gasteiger partial charge in [0.05, 0.1) is 0 Å². The number of hydrogen-bond donors (Lipinski definition) is 0. The molecule has 2 nitrogen and oxygen atoms in total. The van der Waals surface area contributed by atoms with E-state index in [4.69, 9.17) is 9.47 Å². The summed E-state index contributed by atoms with van der Waals surface area (Å²) < 4.78 is 10.5. The van der Waals surface area contributed by atoms with Crippen molar-refractivity contribution >= 4 is 0 Å². The van der Waals surface area contributed by atoms with Crippen molar-refractivity contribution in [1.29, 1.82) is 0 Å². The molecule has 0 fully saturated rings. The van der Waals surface area contributed by atoms with E-state index in [1.807, 2.05) is 6.92 Å². The summed E-state index contributed by atoms with van der Waals surface area (Å²) in [7, 11) is 3.34. The minimum atomic E-state index is -0.178. The first kappa shape index (κ1) is 15.4. The van der Waals surface area contributed by atoms with Crippen LogP contribution in [0.1, 0.15) is 34.6 Å². The van der Waals surface area contributed by atoms with Crippen LogP contribution in [0, 0.1) is 11.3 Å². The van der Waals surface area contributed by atoms with Crippen LogP contribution in [0.15, 0.2) is 23.8 Å². The maximum absolute atomic E-state index is 5.26. The zero-order valence-corrected chi connectivity index (χ0v) is 11.7. The first-order chi connectivity index (χ1) is 7.36. The Morgan fingerprint density at radius 3 is 1.94 bits per heavy atom. The fourth-order valence-corrected chi connectivity index (χ4v) is 1.62. The van der Waals surface area contributed by atoms with Crippen molar-refractivity contribution in [3.05, 3.63) is 23.8 Å². The minimum Gasteiger partial charge on any atom is -0.355 e. The van der Waals surface area contributed by atoms with Crippen molar-refractivity contribution in [2.75, 3.05) is 14.2 Å². The summed E-state index contributed by atoms with van der Waals surface area (Å²) in [6.45, 7) is 10.8. The summed E-state index contributed by atoms with van der Waals surface area (Å²) in [6.07, 6.45) is 6.26. The number of rotatable bonds is 5. The molecule has 0 rings (SSSR count). The highest BCUT2D eigenvalue weighted by atomic mass is 16.7. The highest BCUT2D eigenvalue weighted by Crippen LogP contribution is 2.28. The highest BCUT2D eigenvalue weighted by molar-refractivity contribution is 5.25. The van der Waals surface area contributed by atoms with E-state index in [0.29, 0.717) is 0 Å². The second-order valence-corrected chi connectivity index (χ2v) is 5.07. The quantitative estimate of drug-likeness (QED) is 0.524. The zero-order valence-electron chi connectivity index (χ0n) is 11.7. The average Bonchev–Trinajstić information content (AvgIpc) is 2.17. The van der Waals surface area contributed by atoms with Gasteiger partial charge in [0.25, 0.3) is 0 Å². The molecule has 2 heteroatoms. The fourth-order valence-electron chi connectivity index (χ4n) is 1.62. The molecule has 0 heterocycles. The molecule has 94 valence electrons. The molecule has 0 aliphatic rings. The lowest BCUT2D eigenvalue weighted by Gasteiger charge is -2.24. The topological polar surface area (TPSA) is 18.5 Å². The summed E-state index contributed by atoms with van der Waals surface area (Å²) >= 11 is 0. The summed E-state index contributed by atoms with van der Waals surface area (Å²) in [5, 5.41) is 0. The van der Waals surface area contributed by atoms with Crippen molar-refractivity contribution in [2.45, 2.75) is 40.9 Å². The number of hydrogen-bond acceptors (Lipinski definition) is 2. The van der Waals surface area contributed by atoms with E-state index in [0.717, 1.165) is 0 Å². The zero-order chi connectivity index (χ0) is 12.8. The second kappa shape index (κ2) is 6.87. The van der Waals surface area contributed by atoms with Crippen LogP contribution in [0.25, 0.3) is 0 Å². The van der Waals surface area contributed by atoms with Crippen molar-refractivity contribution < 1.29 is 9.47 Å². The summed E-state index contributed by atoms with van der Waals surface area (Å²) in [6, 6.07) is 0.